The van der Waals surface area contributed by atoms with Gasteiger partial charge in [0.05, 0.1) is 5.56 Å². The summed E-state index contributed by atoms with van der Waals surface area (Å²) in [7, 11) is 0. The standard InChI is InChI=1S/C15H16F5NO3/c1-14(2,3)24-12(22)9-4-6-10(7-5-9)21(11(17)8-16)13(23)15(18,19)20/h4-7,11H,8H2,1-3H3. The fourth-order valence-corrected chi connectivity index (χ4v) is 1.71. The van der Waals surface area contributed by atoms with Gasteiger partial charge in [0.1, 0.15) is 12.3 Å². The van der Waals surface area contributed by atoms with Gasteiger partial charge in [0.2, 0.25) is 6.30 Å². The predicted molar refractivity (Wildman–Crippen MR) is 76.0 cm³/mol. The number of hydrogen-bond acceptors (Lipinski definition) is 3. The fraction of sp³-hybridized carbons (Fsp3) is 0.467. The molecule has 0 N–H and O–H groups in total. The van der Waals surface area contributed by atoms with Gasteiger partial charge in [-0.15, -0.1) is 0 Å². The van der Waals surface area contributed by atoms with Crippen molar-refractivity contribution in [2.24, 2.45) is 0 Å². The van der Waals surface area contributed by atoms with Gasteiger partial charge >= 0.3 is 18.1 Å². The van der Waals surface area contributed by atoms with Gasteiger partial charge in [0.15, 0.2) is 0 Å². The second kappa shape index (κ2) is 7.14. The highest BCUT2D eigenvalue weighted by Crippen LogP contribution is 2.27. The molecule has 24 heavy (non-hydrogen) atoms. The Hall–Kier alpha value is -2.19. The molecule has 1 unspecified atom stereocenters. The number of carbonyl (C=O) groups excluding carboxylic acids is 2. The van der Waals surface area contributed by atoms with Crippen LogP contribution < -0.4 is 4.90 Å². The summed E-state index contributed by atoms with van der Waals surface area (Å²) in [6, 6.07) is 3.94. The summed E-state index contributed by atoms with van der Waals surface area (Å²) in [6.07, 6.45) is -8.17. The van der Waals surface area contributed by atoms with E-state index in [2.05, 4.69) is 0 Å². The highest BCUT2D eigenvalue weighted by molar-refractivity contribution is 5.98. The zero-order valence-electron chi connectivity index (χ0n) is 13.2. The normalized spacial score (nSPS) is 13.3. The number of nitrogens with zero attached hydrogens (tertiary/aromatic N) is 1. The molecule has 134 valence electrons. The average Bonchev–Trinajstić information content (AvgIpc) is 2.45. The molecule has 0 fully saturated rings. The molecule has 9 heteroatoms. The number of halogens is 5. The SMILES string of the molecule is CC(C)(C)OC(=O)c1ccc(N(C(=O)C(F)(F)F)C(F)CF)cc1. The number of esters is 1. The molecule has 0 saturated carbocycles. The molecule has 0 aliphatic heterocycles. The molecule has 0 radical (unpaired) electrons. The fourth-order valence-electron chi connectivity index (χ4n) is 1.71. The third-order valence-corrected chi connectivity index (χ3v) is 2.65. The van der Waals surface area contributed by atoms with Crippen molar-refractivity contribution in [3.8, 4) is 0 Å². The zero-order valence-corrected chi connectivity index (χ0v) is 13.2. The largest absolute Gasteiger partial charge is 0.471 e. The first-order valence-corrected chi connectivity index (χ1v) is 6.80. The van der Waals surface area contributed by atoms with Gasteiger partial charge in [-0.05, 0) is 45.0 Å². The van der Waals surface area contributed by atoms with Crippen LogP contribution in [0.4, 0.5) is 27.6 Å². The maximum absolute atomic E-state index is 13.5. The summed E-state index contributed by atoms with van der Waals surface area (Å²) in [4.78, 5) is 22.7. The third kappa shape index (κ3) is 5.17. The highest BCUT2D eigenvalue weighted by atomic mass is 19.4. The van der Waals surface area contributed by atoms with Crippen molar-refractivity contribution in [3.63, 3.8) is 0 Å². The van der Waals surface area contributed by atoms with Crippen LogP contribution >= 0.6 is 0 Å². The minimum Gasteiger partial charge on any atom is -0.456 e. The van der Waals surface area contributed by atoms with E-state index in [0.717, 1.165) is 24.3 Å². The van der Waals surface area contributed by atoms with E-state index in [1.165, 1.54) is 0 Å². The Balaban J connectivity index is 3.10. The van der Waals surface area contributed by atoms with Gasteiger partial charge in [-0.2, -0.15) is 13.2 Å². The smallest absolute Gasteiger partial charge is 0.456 e. The number of benzene rings is 1. The summed E-state index contributed by atoms with van der Waals surface area (Å²) < 4.78 is 68.6. The first kappa shape index (κ1) is 19.9. The van der Waals surface area contributed by atoms with Gasteiger partial charge in [0, 0.05) is 5.69 Å². The van der Waals surface area contributed by atoms with E-state index < -0.39 is 42.3 Å². The quantitative estimate of drug-likeness (QED) is 0.470. The van der Waals surface area contributed by atoms with Crippen LogP contribution in [0.25, 0.3) is 0 Å². The Morgan fingerprint density at radius 3 is 2.00 bits per heavy atom. The molecule has 1 atom stereocenters. The van der Waals surface area contributed by atoms with E-state index in [0.29, 0.717) is 0 Å². The van der Waals surface area contributed by atoms with E-state index in [9.17, 15) is 31.5 Å². The second-order valence-electron chi connectivity index (χ2n) is 5.81. The lowest BCUT2D eigenvalue weighted by Crippen LogP contribution is -2.46. The Bertz CT molecular complexity index is 593. The molecular formula is C15H16F5NO3. The number of hydrogen-bond donors (Lipinski definition) is 0. The van der Waals surface area contributed by atoms with Crippen LogP contribution in [0.5, 0.6) is 0 Å². The lowest BCUT2D eigenvalue weighted by molar-refractivity contribution is -0.171. The van der Waals surface area contributed by atoms with Crippen molar-refractivity contribution in [1.29, 1.82) is 0 Å². The van der Waals surface area contributed by atoms with E-state index in [1.54, 1.807) is 20.8 Å². The molecule has 0 aliphatic rings. The van der Waals surface area contributed by atoms with Gasteiger partial charge in [-0.25, -0.2) is 13.6 Å². The summed E-state index contributed by atoms with van der Waals surface area (Å²) in [5, 5.41) is 0. The maximum Gasteiger partial charge on any atom is 0.471 e. The number of carbonyl (C=O) groups is 2. The summed E-state index contributed by atoms with van der Waals surface area (Å²) in [5.41, 5.74) is -1.33. The van der Waals surface area contributed by atoms with Crippen LogP contribution in [-0.4, -0.2) is 36.6 Å². The van der Waals surface area contributed by atoms with Crippen molar-refractivity contribution < 1.29 is 36.3 Å². The van der Waals surface area contributed by atoms with Crippen molar-refractivity contribution >= 4 is 17.6 Å². The van der Waals surface area contributed by atoms with E-state index >= 15 is 0 Å². The lowest BCUT2D eigenvalue weighted by atomic mass is 10.1. The summed E-state index contributed by atoms with van der Waals surface area (Å²) >= 11 is 0. The topological polar surface area (TPSA) is 46.6 Å². The first-order valence-electron chi connectivity index (χ1n) is 6.80. The van der Waals surface area contributed by atoms with Gasteiger partial charge in [-0.1, -0.05) is 0 Å². The van der Waals surface area contributed by atoms with Crippen molar-refractivity contribution in [3.05, 3.63) is 29.8 Å². The summed E-state index contributed by atoms with van der Waals surface area (Å²) in [5.74, 6) is -3.29. The van der Waals surface area contributed by atoms with Crippen molar-refractivity contribution in [1.82, 2.24) is 0 Å². The molecule has 1 aromatic carbocycles. The Kier molecular flexibility index (Phi) is 5.91. The van der Waals surface area contributed by atoms with Crippen LogP contribution in [0.2, 0.25) is 0 Å². The van der Waals surface area contributed by atoms with Gasteiger partial charge in [0.25, 0.3) is 0 Å². The average molecular weight is 353 g/mol. The highest BCUT2D eigenvalue weighted by Gasteiger charge is 2.45. The molecule has 1 rings (SSSR count). The minimum atomic E-state index is -5.37. The molecule has 1 amide bonds. The van der Waals surface area contributed by atoms with Crippen LogP contribution in [0, 0.1) is 0 Å². The second-order valence-corrected chi connectivity index (χ2v) is 5.81. The Labute approximate surface area is 135 Å². The van der Waals surface area contributed by atoms with E-state index in [-0.39, 0.29) is 10.5 Å². The molecular weight excluding hydrogens is 337 g/mol. The van der Waals surface area contributed by atoms with E-state index in [4.69, 9.17) is 4.74 Å². The van der Waals surface area contributed by atoms with Crippen LogP contribution in [0.15, 0.2) is 24.3 Å². The molecule has 0 bridgehead atoms. The zero-order chi connectivity index (χ0) is 18.7. The van der Waals surface area contributed by atoms with Crippen molar-refractivity contribution in [2.45, 2.75) is 38.8 Å². The number of rotatable bonds is 4. The maximum atomic E-state index is 13.5. The third-order valence-electron chi connectivity index (χ3n) is 2.65. The van der Waals surface area contributed by atoms with Crippen LogP contribution in [0.3, 0.4) is 0 Å². The minimum absolute atomic E-state index is 0.0104. The van der Waals surface area contributed by atoms with E-state index in [1.807, 2.05) is 0 Å². The molecule has 1 aromatic rings. The molecule has 0 saturated heterocycles. The van der Waals surface area contributed by atoms with Gasteiger partial charge < -0.3 is 4.74 Å². The number of anilines is 1. The number of alkyl halides is 5. The lowest BCUT2D eigenvalue weighted by Gasteiger charge is -2.26. The van der Waals surface area contributed by atoms with Crippen LogP contribution in [0.1, 0.15) is 31.1 Å². The molecule has 0 aromatic heterocycles. The number of ether oxygens (including phenoxy) is 1. The van der Waals surface area contributed by atoms with Crippen LogP contribution in [-0.2, 0) is 9.53 Å². The van der Waals surface area contributed by atoms with Gasteiger partial charge in [-0.3, -0.25) is 9.69 Å². The monoisotopic (exact) mass is 353 g/mol. The molecule has 0 heterocycles. The molecule has 4 nitrogen and oxygen atoms in total. The Morgan fingerprint density at radius 2 is 1.62 bits per heavy atom. The number of amides is 1. The Morgan fingerprint density at radius 1 is 1.12 bits per heavy atom. The first-order chi connectivity index (χ1) is 10.9. The summed E-state index contributed by atoms with van der Waals surface area (Å²) in [6.45, 7) is 3.06. The predicted octanol–water partition coefficient (Wildman–Crippen LogP) is 3.80. The molecule has 0 aliphatic carbocycles. The van der Waals surface area contributed by atoms with Crippen molar-refractivity contribution in [2.75, 3.05) is 11.6 Å². The molecule has 0 spiro atoms.